The van der Waals surface area contributed by atoms with Gasteiger partial charge >= 0.3 is 5.97 Å². The molecule has 1 fully saturated rings. The summed E-state index contributed by atoms with van der Waals surface area (Å²) in [6.45, 7) is 3.33. The second kappa shape index (κ2) is 9.59. The van der Waals surface area contributed by atoms with Crippen LogP contribution in [0.2, 0.25) is 0 Å². The zero-order chi connectivity index (χ0) is 19.1. The van der Waals surface area contributed by atoms with Gasteiger partial charge in [-0.25, -0.2) is 9.78 Å². The zero-order valence-corrected chi connectivity index (χ0v) is 16.3. The summed E-state index contributed by atoms with van der Waals surface area (Å²) >= 11 is 1.38. The highest BCUT2D eigenvalue weighted by Crippen LogP contribution is 2.24. The van der Waals surface area contributed by atoms with Crippen LogP contribution in [-0.4, -0.2) is 45.0 Å². The molecule has 0 saturated heterocycles. The molecule has 1 N–H and O–H groups in total. The van der Waals surface area contributed by atoms with Crippen molar-refractivity contribution in [3.63, 3.8) is 0 Å². The van der Waals surface area contributed by atoms with Gasteiger partial charge in [-0.2, -0.15) is 0 Å². The van der Waals surface area contributed by atoms with Gasteiger partial charge in [0.1, 0.15) is 0 Å². The van der Waals surface area contributed by atoms with Crippen molar-refractivity contribution in [1.82, 2.24) is 25.3 Å². The molecule has 146 valence electrons. The molecule has 1 aliphatic rings. The van der Waals surface area contributed by atoms with Crippen LogP contribution in [0.5, 0.6) is 0 Å². The Labute approximate surface area is 162 Å². The molecule has 2 heterocycles. The highest BCUT2D eigenvalue weighted by Gasteiger charge is 2.17. The minimum Gasteiger partial charge on any atom is -0.461 e. The highest BCUT2D eigenvalue weighted by atomic mass is 32.1. The Morgan fingerprint density at radius 3 is 2.89 bits per heavy atom. The Hall–Kier alpha value is -2.29. The van der Waals surface area contributed by atoms with Crippen LogP contribution in [-0.2, 0) is 17.7 Å². The first kappa shape index (κ1) is 19.5. The molecule has 1 amide bonds. The van der Waals surface area contributed by atoms with Gasteiger partial charge in [0, 0.05) is 24.9 Å². The largest absolute Gasteiger partial charge is 0.461 e. The number of carbonyl (C=O) groups is 2. The maximum absolute atomic E-state index is 12.2. The molecule has 2 aromatic rings. The van der Waals surface area contributed by atoms with E-state index in [0.717, 1.165) is 11.6 Å². The van der Waals surface area contributed by atoms with Crippen LogP contribution in [0.4, 0.5) is 0 Å². The Morgan fingerprint density at radius 1 is 1.30 bits per heavy atom. The van der Waals surface area contributed by atoms with Gasteiger partial charge < -0.3 is 10.1 Å². The zero-order valence-electron chi connectivity index (χ0n) is 15.5. The molecule has 0 atom stereocenters. The molecule has 1 saturated carbocycles. The van der Waals surface area contributed by atoms with E-state index >= 15 is 0 Å². The molecule has 2 aromatic heterocycles. The van der Waals surface area contributed by atoms with E-state index in [2.05, 4.69) is 20.6 Å². The van der Waals surface area contributed by atoms with E-state index in [1.807, 2.05) is 0 Å². The number of carbonyl (C=O) groups excluding carboxylic acids is 2. The summed E-state index contributed by atoms with van der Waals surface area (Å²) in [5.74, 6) is -0.0273. The highest BCUT2D eigenvalue weighted by molar-refractivity contribution is 7.09. The molecule has 0 spiro atoms. The molecule has 27 heavy (non-hydrogen) atoms. The lowest BCUT2D eigenvalue weighted by molar-refractivity contribution is 0.0520. The number of rotatable bonds is 8. The predicted molar refractivity (Wildman–Crippen MR) is 101 cm³/mol. The Morgan fingerprint density at radius 2 is 2.11 bits per heavy atom. The van der Waals surface area contributed by atoms with Gasteiger partial charge in [-0.3, -0.25) is 9.48 Å². The molecule has 0 aromatic carbocycles. The maximum atomic E-state index is 12.2. The normalized spacial score (nSPS) is 14.9. The predicted octanol–water partition coefficient (Wildman–Crippen LogP) is 2.46. The smallest absolute Gasteiger partial charge is 0.357 e. The Bertz CT molecular complexity index is 767. The van der Waals surface area contributed by atoms with Crippen LogP contribution < -0.4 is 5.32 Å². The lowest BCUT2D eigenvalue weighted by atomic mass is 9.89. The number of amides is 1. The molecule has 0 unspecified atom stereocenters. The summed E-state index contributed by atoms with van der Waals surface area (Å²) in [6.07, 6.45) is 8.59. The number of hydrogen-bond donors (Lipinski definition) is 1. The number of ether oxygens (including phenoxy) is 1. The molecule has 8 nitrogen and oxygen atoms in total. The monoisotopic (exact) mass is 391 g/mol. The van der Waals surface area contributed by atoms with E-state index in [-0.39, 0.29) is 5.91 Å². The third-order valence-electron chi connectivity index (χ3n) is 4.60. The van der Waals surface area contributed by atoms with E-state index < -0.39 is 5.97 Å². The summed E-state index contributed by atoms with van der Waals surface area (Å²) in [5, 5.41) is 13.3. The van der Waals surface area contributed by atoms with Gasteiger partial charge in [0.2, 0.25) is 0 Å². The molecule has 0 bridgehead atoms. The minimum atomic E-state index is -0.418. The second-order valence-electron chi connectivity index (χ2n) is 6.68. The summed E-state index contributed by atoms with van der Waals surface area (Å²) < 4.78 is 6.69. The van der Waals surface area contributed by atoms with E-state index in [1.54, 1.807) is 23.2 Å². The third kappa shape index (κ3) is 5.59. The number of esters is 1. The van der Waals surface area contributed by atoms with E-state index in [4.69, 9.17) is 4.74 Å². The molecular weight excluding hydrogens is 366 g/mol. The summed E-state index contributed by atoms with van der Waals surface area (Å²) in [6, 6.07) is 0. The second-order valence-corrected chi connectivity index (χ2v) is 7.63. The Balaban J connectivity index is 1.43. The first-order chi connectivity index (χ1) is 13.2. The van der Waals surface area contributed by atoms with E-state index in [0.29, 0.717) is 36.9 Å². The van der Waals surface area contributed by atoms with Crippen LogP contribution >= 0.6 is 11.3 Å². The average molecular weight is 391 g/mol. The summed E-state index contributed by atoms with van der Waals surface area (Å²) in [4.78, 5) is 28.1. The number of nitrogens with one attached hydrogen (secondary N) is 1. The third-order valence-corrected chi connectivity index (χ3v) is 5.51. The van der Waals surface area contributed by atoms with Crippen LogP contribution in [0.25, 0.3) is 0 Å². The topological polar surface area (TPSA) is 99.0 Å². The van der Waals surface area contributed by atoms with Crippen molar-refractivity contribution >= 4 is 23.2 Å². The standard InChI is InChI=1S/C18H25N5O3S/c1-2-26-18(25)15-12-27-16(20-15)8-9-19-17(24)14-11-23(22-21-14)10-13-6-4-3-5-7-13/h11-13H,2-10H2,1H3,(H,19,24). The van der Waals surface area contributed by atoms with Gasteiger partial charge in [-0.05, 0) is 25.7 Å². The molecule has 1 aliphatic carbocycles. The van der Waals surface area contributed by atoms with Gasteiger partial charge in [0.25, 0.3) is 5.91 Å². The van der Waals surface area contributed by atoms with Crippen LogP contribution in [0.3, 0.4) is 0 Å². The van der Waals surface area contributed by atoms with Crippen LogP contribution in [0.1, 0.15) is 65.0 Å². The van der Waals surface area contributed by atoms with Crippen molar-refractivity contribution in [2.24, 2.45) is 5.92 Å². The Kier molecular flexibility index (Phi) is 6.92. The number of nitrogens with zero attached hydrogens (tertiary/aromatic N) is 4. The fourth-order valence-electron chi connectivity index (χ4n) is 3.22. The fraction of sp³-hybridized carbons (Fsp3) is 0.611. The molecule has 0 radical (unpaired) electrons. The van der Waals surface area contributed by atoms with Gasteiger partial charge in [0.05, 0.1) is 17.8 Å². The van der Waals surface area contributed by atoms with Crippen molar-refractivity contribution in [2.75, 3.05) is 13.2 Å². The maximum Gasteiger partial charge on any atom is 0.357 e. The minimum absolute atomic E-state index is 0.243. The van der Waals surface area contributed by atoms with E-state index in [9.17, 15) is 9.59 Å². The van der Waals surface area contributed by atoms with E-state index in [1.165, 1.54) is 43.4 Å². The number of hydrogen-bond acceptors (Lipinski definition) is 7. The van der Waals surface area contributed by atoms with Crippen molar-refractivity contribution in [3.8, 4) is 0 Å². The van der Waals surface area contributed by atoms with Crippen molar-refractivity contribution in [3.05, 3.63) is 28.0 Å². The van der Waals surface area contributed by atoms with Gasteiger partial charge in [-0.15, -0.1) is 16.4 Å². The first-order valence-electron chi connectivity index (χ1n) is 9.45. The van der Waals surface area contributed by atoms with Crippen molar-refractivity contribution in [2.45, 2.75) is 52.0 Å². The SMILES string of the molecule is CCOC(=O)c1csc(CCNC(=O)c2cn(CC3CCCCC3)nn2)n1. The quantitative estimate of drug-likeness (QED) is 0.694. The lowest BCUT2D eigenvalue weighted by Crippen LogP contribution is -2.26. The fourth-order valence-corrected chi connectivity index (χ4v) is 3.99. The summed E-state index contributed by atoms with van der Waals surface area (Å²) in [7, 11) is 0. The lowest BCUT2D eigenvalue weighted by Gasteiger charge is -2.20. The molecule has 9 heteroatoms. The average Bonchev–Trinajstić information content (AvgIpc) is 3.32. The van der Waals surface area contributed by atoms with Crippen molar-refractivity contribution in [1.29, 1.82) is 0 Å². The molecule has 0 aliphatic heterocycles. The van der Waals surface area contributed by atoms with Gasteiger partial charge in [0.15, 0.2) is 11.4 Å². The molecule has 3 rings (SSSR count). The first-order valence-corrected chi connectivity index (χ1v) is 10.3. The molecular formula is C18H25N5O3S. The summed E-state index contributed by atoms with van der Waals surface area (Å²) in [5.41, 5.74) is 0.644. The van der Waals surface area contributed by atoms with Crippen LogP contribution in [0, 0.1) is 5.92 Å². The number of aromatic nitrogens is 4. The van der Waals surface area contributed by atoms with Gasteiger partial charge in [-0.1, -0.05) is 24.5 Å². The number of thiazole rings is 1. The van der Waals surface area contributed by atoms with Crippen molar-refractivity contribution < 1.29 is 14.3 Å². The van der Waals surface area contributed by atoms with Crippen LogP contribution in [0.15, 0.2) is 11.6 Å².